The predicted octanol–water partition coefficient (Wildman–Crippen LogP) is 3.56. The van der Waals surface area contributed by atoms with Gasteiger partial charge in [0.25, 0.3) is 5.69 Å². The molecule has 7 nitrogen and oxygen atoms in total. The number of ether oxygens (including phenoxy) is 1. The summed E-state index contributed by atoms with van der Waals surface area (Å²) in [5, 5.41) is 16.0. The van der Waals surface area contributed by atoms with Gasteiger partial charge in [0.05, 0.1) is 30.0 Å². The number of rotatable bonds is 6. The molecular formula is C15H13BrFN3O4. The zero-order valence-corrected chi connectivity index (χ0v) is 14.1. The molecule has 2 N–H and O–H groups in total. The monoisotopic (exact) mass is 397 g/mol. The fraction of sp³-hybridized carbons (Fsp3) is 0.133. The van der Waals surface area contributed by atoms with Crippen molar-refractivity contribution in [3.05, 3.63) is 56.8 Å². The molecule has 0 aliphatic heterocycles. The van der Waals surface area contributed by atoms with Gasteiger partial charge in [0.1, 0.15) is 11.6 Å². The number of carbonyl (C=O) groups excluding carboxylic acids is 1. The number of anilines is 2. The Balaban J connectivity index is 2.05. The smallest absolute Gasteiger partial charge is 0.271 e. The van der Waals surface area contributed by atoms with Crippen molar-refractivity contribution in [2.45, 2.75) is 0 Å². The average Bonchev–Trinajstić information content (AvgIpc) is 2.55. The topological polar surface area (TPSA) is 93.5 Å². The standard InChI is InChI=1S/C15H13BrFN3O4/c1-24-14-5-3-10(20(22)23)7-13(14)18-8-15(21)19-12-4-2-9(16)6-11(12)17/h2-7,18H,8H2,1H3,(H,19,21). The van der Waals surface area contributed by atoms with Crippen molar-refractivity contribution in [2.24, 2.45) is 0 Å². The first kappa shape index (κ1) is 17.7. The van der Waals surface area contributed by atoms with Crippen molar-refractivity contribution in [3.8, 4) is 5.75 Å². The van der Waals surface area contributed by atoms with E-state index in [9.17, 15) is 19.3 Å². The Bertz CT molecular complexity index is 785. The molecule has 0 aromatic heterocycles. The fourth-order valence-electron chi connectivity index (χ4n) is 1.91. The van der Waals surface area contributed by atoms with Gasteiger partial charge >= 0.3 is 0 Å². The quantitative estimate of drug-likeness (QED) is 0.574. The Morgan fingerprint density at radius 2 is 2.04 bits per heavy atom. The molecule has 0 spiro atoms. The molecule has 1 amide bonds. The zero-order valence-electron chi connectivity index (χ0n) is 12.5. The third-order valence-electron chi connectivity index (χ3n) is 3.04. The van der Waals surface area contributed by atoms with Crippen molar-refractivity contribution in [2.75, 3.05) is 24.3 Å². The van der Waals surface area contributed by atoms with Gasteiger partial charge in [-0.25, -0.2) is 4.39 Å². The van der Waals surface area contributed by atoms with Crippen molar-refractivity contribution in [3.63, 3.8) is 0 Å². The van der Waals surface area contributed by atoms with Gasteiger partial charge in [-0.3, -0.25) is 14.9 Å². The maximum Gasteiger partial charge on any atom is 0.271 e. The van der Waals surface area contributed by atoms with E-state index in [-0.39, 0.29) is 23.6 Å². The fourth-order valence-corrected chi connectivity index (χ4v) is 2.24. The van der Waals surface area contributed by atoms with Crippen LogP contribution in [0.4, 0.5) is 21.5 Å². The molecule has 0 aliphatic carbocycles. The highest BCUT2D eigenvalue weighted by molar-refractivity contribution is 9.10. The van der Waals surface area contributed by atoms with E-state index in [1.807, 2.05) is 0 Å². The summed E-state index contributed by atoms with van der Waals surface area (Å²) in [5.74, 6) is -0.737. The van der Waals surface area contributed by atoms with Crippen LogP contribution in [0.15, 0.2) is 40.9 Å². The van der Waals surface area contributed by atoms with Crippen LogP contribution in [0.3, 0.4) is 0 Å². The number of nitro benzene ring substituents is 1. The average molecular weight is 398 g/mol. The van der Waals surface area contributed by atoms with Gasteiger partial charge in [-0.05, 0) is 24.3 Å². The molecule has 2 aromatic rings. The second-order valence-corrected chi connectivity index (χ2v) is 5.58. The minimum atomic E-state index is -0.578. The van der Waals surface area contributed by atoms with Gasteiger partial charge in [-0.15, -0.1) is 0 Å². The SMILES string of the molecule is COc1ccc([N+](=O)[O-])cc1NCC(=O)Nc1ccc(Br)cc1F. The van der Waals surface area contributed by atoms with Gasteiger partial charge in [-0.2, -0.15) is 0 Å². The van der Waals surface area contributed by atoms with Crippen LogP contribution in [-0.2, 0) is 4.79 Å². The molecular weight excluding hydrogens is 385 g/mol. The van der Waals surface area contributed by atoms with E-state index < -0.39 is 16.6 Å². The summed E-state index contributed by atoms with van der Waals surface area (Å²) in [7, 11) is 1.41. The largest absolute Gasteiger partial charge is 0.495 e. The second kappa shape index (κ2) is 7.73. The Morgan fingerprint density at radius 3 is 2.67 bits per heavy atom. The summed E-state index contributed by atoms with van der Waals surface area (Å²) in [5.41, 5.74) is 0.187. The van der Waals surface area contributed by atoms with Crippen LogP contribution in [0.5, 0.6) is 5.75 Å². The molecule has 2 rings (SSSR count). The molecule has 126 valence electrons. The summed E-state index contributed by atoms with van der Waals surface area (Å²) in [6.07, 6.45) is 0. The molecule has 0 atom stereocenters. The Labute approximate surface area is 145 Å². The number of nitrogens with one attached hydrogen (secondary N) is 2. The van der Waals surface area contributed by atoms with Crippen LogP contribution >= 0.6 is 15.9 Å². The van der Waals surface area contributed by atoms with Gasteiger partial charge in [-0.1, -0.05) is 15.9 Å². The Morgan fingerprint density at radius 1 is 1.29 bits per heavy atom. The van der Waals surface area contributed by atoms with Gasteiger partial charge in [0, 0.05) is 16.6 Å². The maximum absolute atomic E-state index is 13.7. The van der Waals surface area contributed by atoms with Crippen molar-refractivity contribution in [1.29, 1.82) is 0 Å². The number of halogens is 2. The lowest BCUT2D eigenvalue weighted by molar-refractivity contribution is -0.384. The number of nitro groups is 1. The number of benzene rings is 2. The van der Waals surface area contributed by atoms with Crippen molar-refractivity contribution >= 4 is 38.9 Å². The van der Waals surface area contributed by atoms with E-state index in [1.165, 1.54) is 37.4 Å². The summed E-state index contributed by atoms with van der Waals surface area (Å²) in [4.78, 5) is 22.2. The van der Waals surface area contributed by atoms with E-state index in [0.717, 1.165) is 0 Å². The molecule has 0 unspecified atom stereocenters. The van der Waals surface area contributed by atoms with Crippen LogP contribution in [0.2, 0.25) is 0 Å². The van der Waals surface area contributed by atoms with E-state index in [0.29, 0.717) is 10.2 Å². The highest BCUT2D eigenvalue weighted by Gasteiger charge is 2.13. The van der Waals surface area contributed by atoms with E-state index >= 15 is 0 Å². The summed E-state index contributed by atoms with van der Waals surface area (Å²) in [6, 6.07) is 8.22. The number of non-ortho nitro benzene ring substituents is 1. The highest BCUT2D eigenvalue weighted by Crippen LogP contribution is 2.28. The maximum atomic E-state index is 13.7. The number of amides is 1. The van der Waals surface area contributed by atoms with Gasteiger partial charge < -0.3 is 15.4 Å². The van der Waals surface area contributed by atoms with Crippen LogP contribution in [0.25, 0.3) is 0 Å². The first-order valence-corrected chi connectivity index (χ1v) is 7.51. The number of hydrogen-bond donors (Lipinski definition) is 2. The number of carbonyl (C=O) groups is 1. The highest BCUT2D eigenvalue weighted by atomic mass is 79.9. The molecule has 0 saturated heterocycles. The first-order chi connectivity index (χ1) is 11.4. The molecule has 0 heterocycles. The van der Waals surface area contributed by atoms with E-state index in [2.05, 4.69) is 26.6 Å². The molecule has 24 heavy (non-hydrogen) atoms. The molecule has 2 aromatic carbocycles. The predicted molar refractivity (Wildman–Crippen MR) is 90.9 cm³/mol. The minimum Gasteiger partial charge on any atom is -0.495 e. The van der Waals surface area contributed by atoms with Crippen LogP contribution < -0.4 is 15.4 Å². The van der Waals surface area contributed by atoms with Crippen LogP contribution in [0.1, 0.15) is 0 Å². The van der Waals surface area contributed by atoms with Gasteiger partial charge in [0.15, 0.2) is 0 Å². The Hall–Kier alpha value is -2.68. The number of methoxy groups -OCH3 is 1. The molecule has 9 heteroatoms. The van der Waals surface area contributed by atoms with Gasteiger partial charge in [0.2, 0.25) is 5.91 Å². The Kier molecular flexibility index (Phi) is 5.69. The molecule has 0 aliphatic rings. The minimum absolute atomic E-state index is 0.0380. The normalized spacial score (nSPS) is 10.1. The molecule has 0 fully saturated rings. The molecule has 0 radical (unpaired) electrons. The number of hydrogen-bond acceptors (Lipinski definition) is 5. The molecule has 0 saturated carbocycles. The summed E-state index contributed by atoms with van der Waals surface area (Å²) in [6.45, 7) is -0.215. The summed E-state index contributed by atoms with van der Waals surface area (Å²) < 4.78 is 19.3. The van der Waals surface area contributed by atoms with Crippen molar-refractivity contribution in [1.82, 2.24) is 0 Å². The lowest BCUT2D eigenvalue weighted by Crippen LogP contribution is -2.22. The molecule has 0 bridgehead atoms. The van der Waals surface area contributed by atoms with E-state index in [1.54, 1.807) is 6.07 Å². The van der Waals surface area contributed by atoms with Crippen LogP contribution in [-0.4, -0.2) is 24.5 Å². The lowest BCUT2D eigenvalue weighted by atomic mass is 10.2. The third kappa shape index (κ3) is 4.42. The summed E-state index contributed by atoms with van der Waals surface area (Å²) >= 11 is 3.12. The number of nitrogens with zero attached hydrogens (tertiary/aromatic N) is 1. The third-order valence-corrected chi connectivity index (χ3v) is 3.53. The van der Waals surface area contributed by atoms with Crippen molar-refractivity contribution < 1.29 is 18.8 Å². The van der Waals surface area contributed by atoms with E-state index in [4.69, 9.17) is 4.74 Å². The van der Waals surface area contributed by atoms with Crippen LogP contribution in [0, 0.1) is 15.9 Å². The first-order valence-electron chi connectivity index (χ1n) is 6.72. The zero-order chi connectivity index (χ0) is 17.7. The second-order valence-electron chi connectivity index (χ2n) is 4.67. The lowest BCUT2D eigenvalue weighted by Gasteiger charge is -2.11.